The van der Waals surface area contributed by atoms with Crippen LogP contribution in [0.3, 0.4) is 0 Å². The van der Waals surface area contributed by atoms with Crippen LogP contribution in [-0.4, -0.2) is 46.2 Å². The molecule has 1 aromatic rings. The molecule has 0 radical (unpaired) electrons. The van der Waals surface area contributed by atoms with Crippen molar-refractivity contribution in [1.82, 2.24) is 4.90 Å². The second-order valence-corrected chi connectivity index (χ2v) is 4.29. The molecule has 1 N–H and O–H groups in total. The first-order valence-corrected chi connectivity index (χ1v) is 5.36. The van der Waals surface area contributed by atoms with Crippen LogP contribution in [0.4, 0.5) is 15.8 Å². The van der Waals surface area contributed by atoms with Crippen LogP contribution in [0, 0.1) is 5.82 Å². The first-order chi connectivity index (χ1) is 7.50. The minimum atomic E-state index is -0.210. The van der Waals surface area contributed by atoms with Crippen LogP contribution < -0.4 is 10.2 Å². The monoisotopic (exact) mass is 225 g/mol. The number of benzene rings is 1. The average molecular weight is 225 g/mol. The zero-order chi connectivity index (χ0) is 12.1. The van der Waals surface area contributed by atoms with Crippen LogP contribution in [0.5, 0.6) is 0 Å². The van der Waals surface area contributed by atoms with E-state index in [4.69, 9.17) is 0 Å². The number of hydrogen-bond donors (Lipinski definition) is 1. The van der Waals surface area contributed by atoms with E-state index < -0.39 is 0 Å². The smallest absolute Gasteiger partial charge is 0.125 e. The summed E-state index contributed by atoms with van der Waals surface area (Å²) in [6.07, 6.45) is 0. The van der Waals surface area contributed by atoms with Gasteiger partial charge in [0, 0.05) is 27.2 Å². The molecule has 0 spiro atoms. The minimum Gasteiger partial charge on any atom is -0.382 e. The lowest BCUT2D eigenvalue weighted by molar-refractivity contribution is 0.425. The van der Waals surface area contributed by atoms with Crippen molar-refractivity contribution in [2.75, 3.05) is 51.5 Å². The van der Waals surface area contributed by atoms with Crippen molar-refractivity contribution in [1.29, 1.82) is 0 Å². The Balaban J connectivity index is 2.72. The normalized spacial score (nSPS) is 10.6. The number of anilines is 2. The molecule has 0 amide bonds. The molecule has 0 atom stereocenters. The molecule has 0 bridgehead atoms. The summed E-state index contributed by atoms with van der Waals surface area (Å²) in [5, 5.41) is 3.24. The number of nitrogens with one attached hydrogen (secondary N) is 1. The van der Waals surface area contributed by atoms with Gasteiger partial charge in [-0.25, -0.2) is 4.39 Å². The third kappa shape index (κ3) is 3.70. The predicted octanol–water partition coefficient (Wildman–Crippen LogP) is 1.87. The topological polar surface area (TPSA) is 18.5 Å². The number of likely N-dealkylation sites (N-methyl/N-ethyl adjacent to an activating group) is 1. The maximum atomic E-state index is 13.1. The molecule has 0 saturated carbocycles. The van der Waals surface area contributed by atoms with Gasteiger partial charge < -0.3 is 15.1 Å². The van der Waals surface area contributed by atoms with E-state index in [1.165, 1.54) is 12.1 Å². The van der Waals surface area contributed by atoms with Crippen LogP contribution in [0.1, 0.15) is 0 Å². The van der Waals surface area contributed by atoms with Crippen molar-refractivity contribution < 1.29 is 4.39 Å². The molecule has 16 heavy (non-hydrogen) atoms. The van der Waals surface area contributed by atoms with Crippen molar-refractivity contribution in [3.05, 3.63) is 24.0 Å². The van der Waals surface area contributed by atoms with Gasteiger partial charge in [-0.2, -0.15) is 0 Å². The molecule has 0 fully saturated rings. The fourth-order valence-electron chi connectivity index (χ4n) is 1.45. The van der Waals surface area contributed by atoms with E-state index in [9.17, 15) is 4.39 Å². The molecule has 0 saturated heterocycles. The lowest BCUT2D eigenvalue weighted by atomic mass is 10.2. The minimum absolute atomic E-state index is 0.210. The lowest BCUT2D eigenvalue weighted by Crippen LogP contribution is -2.22. The molecule has 1 aromatic carbocycles. The fraction of sp³-hybridized carbons (Fsp3) is 0.500. The Morgan fingerprint density at radius 3 is 2.44 bits per heavy atom. The Morgan fingerprint density at radius 2 is 1.88 bits per heavy atom. The van der Waals surface area contributed by atoms with Gasteiger partial charge in [-0.15, -0.1) is 0 Å². The molecular weight excluding hydrogens is 205 g/mol. The lowest BCUT2D eigenvalue weighted by Gasteiger charge is -2.19. The van der Waals surface area contributed by atoms with Gasteiger partial charge >= 0.3 is 0 Å². The Morgan fingerprint density at radius 1 is 1.19 bits per heavy atom. The van der Waals surface area contributed by atoms with Gasteiger partial charge in [0.25, 0.3) is 0 Å². The van der Waals surface area contributed by atoms with Crippen molar-refractivity contribution in [2.24, 2.45) is 0 Å². The highest BCUT2D eigenvalue weighted by atomic mass is 19.1. The van der Waals surface area contributed by atoms with Crippen molar-refractivity contribution in [3.8, 4) is 0 Å². The summed E-state index contributed by atoms with van der Waals surface area (Å²) >= 11 is 0. The summed E-state index contributed by atoms with van der Waals surface area (Å²) in [7, 11) is 7.93. The van der Waals surface area contributed by atoms with Gasteiger partial charge in [0.15, 0.2) is 0 Å². The maximum absolute atomic E-state index is 13.1. The van der Waals surface area contributed by atoms with Gasteiger partial charge in [-0.05, 0) is 32.3 Å². The van der Waals surface area contributed by atoms with E-state index in [2.05, 4.69) is 10.2 Å². The van der Waals surface area contributed by atoms with Crippen molar-refractivity contribution in [3.63, 3.8) is 0 Å². The number of halogens is 1. The summed E-state index contributed by atoms with van der Waals surface area (Å²) < 4.78 is 13.1. The van der Waals surface area contributed by atoms with Gasteiger partial charge in [0.1, 0.15) is 5.82 Å². The summed E-state index contributed by atoms with van der Waals surface area (Å²) in [5.41, 5.74) is 1.84. The number of nitrogens with zero attached hydrogens (tertiary/aromatic N) is 2. The summed E-state index contributed by atoms with van der Waals surface area (Å²) in [6, 6.07) is 4.80. The highest BCUT2D eigenvalue weighted by Gasteiger charge is 2.05. The first kappa shape index (κ1) is 12.8. The molecular formula is C12H20FN3. The largest absolute Gasteiger partial charge is 0.382 e. The first-order valence-electron chi connectivity index (χ1n) is 5.36. The third-order valence-corrected chi connectivity index (χ3v) is 2.31. The molecule has 3 nitrogen and oxygen atoms in total. The van der Waals surface area contributed by atoms with Crippen LogP contribution in [0.25, 0.3) is 0 Å². The summed E-state index contributed by atoms with van der Waals surface area (Å²) in [5.74, 6) is -0.210. The van der Waals surface area contributed by atoms with E-state index in [1.54, 1.807) is 6.07 Å². The van der Waals surface area contributed by atoms with E-state index >= 15 is 0 Å². The molecule has 0 unspecified atom stereocenters. The van der Waals surface area contributed by atoms with Gasteiger partial charge in [-0.3, -0.25) is 0 Å². The SMILES string of the molecule is CN(C)CCNc1cc(F)ccc1N(C)C. The maximum Gasteiger partial charge on any atom is 0.125 e. The fourth-order valence-corrected chi connectivity index (χ4v) is 1.45. The molecule has 0 aliphatic carbocycles. The van der Waals surface area contributed by atoms with E-state index in [0.29, 0.717) is 0 Å². The highest BCUT2D eigenvalue weighted by Crippen LogP contribution is 2.24. The van der Waals surface area contributed by atoms with Gasteiger partial charge in [0.05, 0.1) is 11.4 Å². The number of hydrogen-bond acceptors (Lipinski definition) is 3. The molecule has 90 valence electrons. The van der Waals surface area contributed by atoms with Gasteiger partial charge in [0.2, 0.25) is 0 Å². The van der Waals surface area contributed by atoms with Gasteiger partial charge in [-0.1, -0.05) is 0 Å². The third-order valence-electron chi connectivity index (χ3n) is 2.31. The Kier molecular flexibility index (Phi) is 4.55. The summed E-state index contributed by atoms with van der Waals surface area (Å²) in [6.45, 7) is 1.72. The zero-order valence-electron chi connectivity index (χ0n) is 10.4. The second-order valence-electron chi connectivity index (χ2n) is 4.29. The summed E-state index contributed by atoms with van der Waals surface area (Å²) in [4.78, 5) is 4.05. The Hall–Kier alpha value is -1.29. The van der Waals surface area contributed by atoms with Crippen LogP contribution in [0.15, 0.2) is 18.2 Å². The van der Waals surface area contributed by atoms with E-state index in [-0.39, 0.29) is 5.82 Å². The molecule has 0 aromatic heterocycles. The average Bonchev–Trinajstić information content (AvgIpc) is 2.16. The molecule has 4 heteroatoms. The second kappa shape index (κ2) is 5.70. The molecule has 0 aliphatic rings. The molecule has 1 rings (SSSR count). The molecule has 0 heterocycles. The Labute approximate surface area is 96.9 Å². The van der Waals surface area contributed by atoms with E-state index in [1.807, 2.05) is 33.1 Å². The zero-order valence-corrected chi connectivity index (χ0v) is 10.4. The Bertz CT molecular complexity index is 337. The van der Waals surface area contributed by atoms with Crippen molar-refractivity contribution in [2.45, 2.75) is 0 Å². The highest BCUT2D eigenvalue weighted by molar-refractivity contribution is 5.69. The molecule has 0 aliphatic heterocycles. The van der Waals surface area contributed by atoms with E-state index in [0.717, 1.165) is 24.5 Å². The van der Waals surface area contributed by atoms with Crippen LogP contribution >= 0.6 is 0 Å². The predicted molar refractivity (Wildman–Crippen MR) is 67.8 cm³/mol. The van der Waals surface area contributed by atoms with Crippen LogP contribution in [-0.2, 0) is 0 Å². The number of rotatable bonds is 5. The van der Waals surface area contributed by atoms with Crippen LogP contribution in [0.2, 0.25) is 0 Å². The van der Waals surface area contributed by atoms with Crippen molar-refractivity contribution >= 4 is 11.4 Å². The standard InChI is InChI=1S/C12H20FN3/c1-15(2)8-7-14-11-9-10(13)5-6-12(11)16(3)4/h5-6,9,14H,7-8H2,1-4H3. The quantitative estimate of drug-likeness (QED) is 0.825.